The van der Waals surface area contributed by atoms with Crippen molar-refractivity contribution in [1.82, 2.24) is 14.8 Å². The number of benzene rings is 1. The predicted molar refractivity (Wildman–Crippen MR) is 62.6 cm³/mol. The lowest BCUT2D eigenvalue weighted by Gasteiger charge is -2.05. The van der Waals surface area contributed by atoms with Crippen LogP contribution in [0, 0.1) is 0 Å². The van der Waals surface area contributed by atoms with Crippen LogP contribution in [-0.4, -0.2) is 27.0 Å². The molecule has 2 rings (SSSR count). The van der Waals surface area contributed by atoms with Gasteiger partial charge in [-0.25, -0.2) is 9.67 Å². The maximum atomic E-state index is 9.03. The van der Waals surface area contributed by atoms with Gasteiger partial charge in [0.25, 0.3) is 0 Å². The van der Waals surface area contributed by atoms with Gasteiger partial charge >= 0.3 is 0 Å². The van der Waals surface area contributed by atoms with Crippen LogP contribution in [0.2, 0.25) is 0 Å². The minimum atomic E-state index is -0.0807. The Bertz CT molecular complexity index is 465. The molecule has 1 heterocycles. The van der Waals surface area contributed by atoms with Crippen LogP contribution in [0.3, 0.4) is 0 Å². The molecule has 0 fully saturated rings. The molecule has 0 unspecified atom stereocenters. The first-order valence-corrected chi connectivity index (χ1v) is 5.44. The predicted octanol–water partition coefficient (Wildman–Crippen LogP) is 1.02. The number of hydrogen-bond acceptors (Lipinski definition) is 4. The lowest BCUT2D eigenvalue weighted by Crippen LogP contribution is -2.07. The molecule has 1 aromatic heterocycles. The van der Waals surface area contributed by atoms with E-state index in [-0.39, 0.29) is 6.61 Å². The third-order valence-electron chi connectivity index (χ3n) is 2.61. The van der Waals surface area contributed by atoms with Crippen LogP contribution >= 0.6 is 0 Å². The van der Waals surface area contributed by atoms with Crippen molar-refractivity contribution in [3.63, 3.8) is 0 Å². The number of ether oxygens (including phenoxy) is 1. The van der Waals surface area contributed by atoms with Crippen molar-refractivity contribution in [2.75, 3.05) is 7.11 Å². The summed E-state index contributed by atoms with van der Waals surface area (Å²) in [6.45, 7) is 0.630. The van der Waals surface area contributed by atoms with Crippen molar-refractivity contribution < 1.29 is 9.84 Å². The lowest BCUT2D eigenvalue weighted by molar-refractivity contribution is 0.262. The average molecular weight is 233 g/mol. The molecule has 90 valence electrons. The minimum absolute atomic E-state index is 0.0807. The fraction of sp³-hybridized carbons (Fsp3) is 0.333. The van der Waals surface area contributed by atoms with Crippen molar-refractivity contribution in [2.24, 2.45) is 0 Å². The van der Waals surface area contributed by atoms with Gasteiger partial charge in [0.05, 0.1) is 7.11 Å². The molecule has 0 saturated heterocycles. The molecule has 0 saturated carbocycles. The molecule has 0 bridgehead atoms. The SMILES string of the molecule is COc1ccc(CCn2ncnc2CO)cc1. The number of aliphatic hydroxyl groups is 1. The molecule has 5 nitrogen and oxygen atoms in total. The van der Waals surface area contributed by atoms with E-state index in [0.29, 0.717) is 12.4 Å². The number of rotatable bonds is 5. The summed E-state index contributed by atoms with van der Waals surface area (Å²) in [4.78, 5) is 3.96. The highest BCUT2D eigenvalue weighted by Crippen LogP contribution is 2.12. The number of hydrogen-bond donors (Lipinski definition) is 1. The van der Waals surface area contributed by atoms with Crippen LogP contribution in [0.25, 0.3) is 0 Å². The molecule has 17 heavy (non-hydrogen) atoms. The molecule has 0 aliphatic heterocycles. The summed E-state index contributed by atoms with van der Waals surface area (Å²) in [6.07, 6.45) is 2.31. The van der Waals surface area contributed by atoms with Gasteiger partial charge in [-0.05, 0) is 24.1 Å². The molecule has 1 N–H and O–H groups in total. The van der Waals surface area contributed by atoms with Crippen molar-refractivity contribution >= 4 is 0 Å². The molecule has 0 aliphatic rings. The quantitative estimate of drug-likeness (QED) is 0.837. The fourth-order valence-corrected chi connectivity index (χ4v) is 1.62. The minimum Gasteiger partial charge on any atom is -0.497 e. The highest BCUT2D eigenvalue weighted by molar-refractivity contribution is 5.27. The van der Waals surface area contributed by atoms with Crippen molar-refractivity contribution in [2.45, 2.75) is 19.6 Å². The molecule has 5 heteroatoms. The first kappa shape index (κ1) is 11.6. The number of methoxy groups -OCH3 is 1. The number of aliphatic hydroxyl groups excluding tert-OH is 1. The van der Waals surface area contributed by atoms with Gasteiger partial charge in [-0.3, -0.25) is 0 Å². The molecular formula is C12H15N3O2. The highest BCUT2D eigenvalue weighted by Gasteiger charge is 2.02. The molecule has 0 aliphatic carbocycles. The van der Waals surface area contributed by atoms with Crippen molar-refractivity contribution in [1.29, 1.82) is 0 Å². The van der Waals surface area contributed by atoms with E-state index in [1.165, 1.54) is 11.9 Å². The Labute approximate surface area is 99.7 Å². The summed E-state index contributed by atoms with van der Waals surface area (Å²) in [5.74, 6) is 1.45. The van der Waals surface area contributed by atoms with E-state index < -0.39 is 0 Å². The smallest absolute Gasteiger partial charge is 0.152 e. The zero-order valence-electron chi connectivity index (χ0n) is 9.71. The molecule has 0 radical (unpaired) electrons. The summed E-state index contributed by atoms with van der Waals surface area (Å²) in [5.41, 5.74) is 1.20. The fourth-order valence-electron chi connectivity index (χ4n) is 1.62. The molecule has 0 amide bonds. The molecule has 0 atom stereocenters. The van der Waals surface area contributed by atoms with Gasteiger partial charge in [0, 0.05) is 6.54 Å². The van der Waals surface area contributed by atoms with Crippen LogP contribution < -0.4 is 4.74 Å². The Morgan fingerprint density at radius 3 is 2.71 bits per heavy atom. The van der Waals surface area contributed by atoms with E-state index in [2.05, 4.69) is 10.1 Å². The summed E-state index contributed by atoms with van der Waals surface area (Å²) in [6, 6.07) is 7.91. The van der Waals surface area contributed by atoms with Gasteiger partial charge in [-0.2, -0.15) is 5.10 Å². The van der Waals surface area contributed by atoms with Crippen LogP contribution in [0.5, 0.6) is 5.75 Å². The maximum Gasteiger partial charge on any atom is 0.152 e. The third-order valence-corrected chi connectivity index (χ3v) is 2.61. The maximum absolute atomic E-state index is 9.03. The number of aromatic nitrogens is 3. The monoisotopic (exact) mass is 233 g/mol. The third kappa shape index (κ3) is 2.82. The Balaban J connectivity index is 1.97. The van der Waals surface area contributed by atoms with E-state index in [0.717, 1.165) is 12.2 Å². The summed E-state index contributed by atoms with van der Waals surface area (Å²) < 4.78 is 6.81. The molecule has 2 aromatic rings. The Morgan fingerprint density at radius 2 is 2.06 bits per heavy atom. The molecule has 1 aromatic carbocycles. The average Bonchev–Trinajstić information content (AvgIpc) is 2.84. The Kier molecular flexibility index (Phi) is 3.72. The largest absolute Gasteiger partial charge is 0.497 e. The van der Waals surface area contributed by atoms with E-state index in [4.69, 9.17) is 9.84 Å². The van der Waals surface area contributed by atoms with Crippen LogP contribution in [0.1, 0.15) is 11.4 Å². The van der Waals surface area contributed by atoms with E-state index in [9.17, 15) is 0 Å². The van der Waals surface area contributed by atoms with Crippen LogP contribution in [-0.2, 0) is 19.6 Å². The number of nitrogens with zero attached hydrogens (tertiary/aromatic N) is 3. The second-order valence-corrected chi connectivity index (χ2v) is 3.66. The first-order valence-electron chi connectivity index (χ1n) is 5.44. The Morgan fingerprint density at radius 1 is 1.29 bits per heavy atom. The standard InChI is InChI=1S/C12H15N3O2/c1-17-11-4-2-10(3-5-11)6-7-15-12(8-16)13-9-14-15/h2-5,9,16H,6-8H2,1H3. The van der Waals surface area contributed by atoms with E-state index >= 15 is 0 Å². The molecular weight excluding hydrogens is 218 g/mol. The van der Waals surface area contributed by atoms with Gasteiger partial charge in [0.1, 0.15) is 18.7 Å². The summed E-state index contributed by atoms with van der Waals surface area (Å²) in [7, 11) is 1.65. The summed E-state index contributed by atoms with van der Waals surface area (Å²) >= 11 is 0. The zero-order valence-corrected chi connectivity index (χ0v) is 9.71. The van der Waals surface area contributed by atoms with Gasteiger partial charge in [0.2, 0.25) is 0 Å². The lowest BCUT2D eigenvalue weighted by atomic mass is 10.1. The normalized spacial score (nSPS) is 10.5. The highest BCUT2D eigenvalue weighted by atomic mass is 16.5. The number of aryl methyl sites for hydroxylation is 2. The van der Waals surface area contributed by atoms with Crippen molar-refractivity contribution in [3.05, 3.63) is 42.0 Å². The summed E-state index contributed by atoms with van der Waals surface area (Å²) in [5, 5.41) is 13.1. The zero-order chi connectivity index (χ0) is 12.1. The topological polar surface area (TPSA) is 60.2 Å². The Hall–Kier alpha value is -1.88. The second kappa shape index (κ2) is 5.45. The van der Waals surface area contributed by atoms with Gasteiger partial charge in [0.15, 0.2) is 5.82 Å². The van der Waals surface area contributed by atoms with Crippen LogP contribution in [0.4, 0.5) is 0 Å². The van der Waals surface area contributed by atoms with E-state index in [1.54, 1.807) is 11.8 Å². The van der Waals surface area contributed by atoms with Gasteiger partial charge in [-0.15, -0.1) is 0 Å². The van der Waals surface area contributed by atoms with Crippen LogP contribution in [0.15, 0.2) is 30.6 Å². The van der Waals surface area contributed by atoms with E-state index in [1.807, 2.05) is 24.3 Å². The molecule has 0 spiro atoms. The van der Waals surface area contributed by atoms with Gasteiger partial charge < -0.3 is 9.84 Å². The van der Waals surface area contributed by atoms with Crippen molar-refractivity contribution in [3.8, 4) is 5.75 Å². The second-order valence-electron chi connectivity index (χ2n) is 3.66. The first-order chi connectivity index (χ1) is 8.33. The van der Waals surface area contributed by atoms with Gasteiger partial charge in [-0.1, -0.05) is 12.1 Å².